The van der Waals surface area contributed by atoms with E-state index in [1.54, 1.807) is 0 Å². The third kappa shape index (κ3) is 3.44. The molecule has 1 amide bonds. The first-order valence-corrected chi connectivity index (χ1v) is 7.30. The Morgan fingerprint density at radius 1 is 1.12 bits per heavy atom. The zero-order chi connectivity index (χ0) is 12.1. The van der Waals surface area contributed by atoms with E-state index < -0.39 is 0 Å². The zero-order valence-corrected chi connectivity index (χ0v) is 10.9. The maximum atomic E-state index is 12.4. The largest absolute Gasteiger partial charge is 0.342 e. The van der Waals surface area contributed by atoms with Crippen LogP contribution < -0.4 is 5.73 Å². The summed E-state index contributed by atoms with van der Waals surface area (Å²) in [6.45, 7) is 2.45. The molecular weight excluding hydrogens is 212 g/mol. The summed E-state index contributed by atoms with van der Waals surface area (Å²) >= 11 is 0. The second kappa shape index (κ2) is 6.39. The third-order valence-electron chi connectivity index (χ3n) is 4.39. The molecule has 0 spiro atoms. The number of nitrogens with zero attached hydrogens (tertiary/aromatic N) is 1. The number of nitrogens with two attached hydrogens (primary N) is 1. The van der Waals surface area contributed by atoms with Gasteiger partial charge >= 0.3 is 0 Å². The Kier molecular flexibility index (Phi) is 4.84. The summed E-state index contributed by atoms with van der Waals surface area (Å²) in [5, 5.41) is 0. The van der Waals surface area contributed by atoms with E-state index in [0.717, 1.165) is 25.4 Å². The molecule has 0 bridgehead atoms. The predicted octanol–water partition coefficient (Wildman–Crippen LogP) is 2.15. The summed E-state index contributed by atoms with van der Waals surface area (Å²) in [4.78, 5) is 14.5. The van der Waals surface area contributed by atoms with Crippen LogP contribution in [0.5, 0.6) is 0 Å². The molecule has 2 aliphatic rings. The van der Waals surface area contributed by atoms with Crippen molar-refractivity contribution in [2.24, 2.45) is 17.6 Å². The van der Waals surface area contributed by atoms with Crippen LogP contribution >= 0.6 is 0 Å². The summed E-state index contributed by atoms with van der Waals surface area (Å²) in [5.41, 5.74) is 5.80. The SMILES string of the molecule is NCC(CC1CCC1)C(=O)N1CCCCCC1. The second-order valence-corrected chi connectivity index (χ2v) is 5.70. The van der Waals surface area contributed by atoms with Gasteiger partial charge in [-0.15, -0.1) is 0 Å². The number of rotatable bonds is 4. The first kappa shape index (κ1) is 12.9. The highest BCUT2D eigenvalue weighted by atomic mass is 16.2. The molecule has 0 aromatic heterocycles. The molecule has 3 heteroatoms. The standard InChI is InChI=1S/C14H26N2O/c15-11-13(10-12-6-5-7-12)14(17)16-8-3-1-2-4-9-16/h12-13H,1-11,15H2. The Balaban J connectivity index is 1.85. The number of carbonyl (C=O) groups is 1. The minimum absolute atomic E-state index is 0.0957. The van der Waals surface area contributed by atoms with Crippen LogP contribution in [0.1, 0.15) is 51.4 Å². The predicted molar refractivity (Wildman–Crippen MR) is 69.6 cm³/mol. The van der Waals surface area contributed by atoms with Crippen molar-refractivity contribution in [1.29, 1.82) is 0 Å². The van der Waals surface area contributed by atoms with E-state index in [-0.39, 0.29) is 5.92 Å². The van der Waals surface area contributed by atoms with Gasteiger partial charge < -0.3 is 10.6 Å². The van der Waals surface area contributed by atoms with E-state index in [2.05, 4.69) is 4.90 Å². The molecule has 1 saturated heterocycles. The molecule has 2 rings (SSSR count). The molecule has 1 atom stereocenters. The maximum absolute atomic E-state index is 12.4. The van der Waals surface area contributed by atoms with E-state index in [0.29, 0.717) is 12.5 Å². The number of hydrogen-bond donors (Lipinski definition) is 1. The third-order valence-corrected chi connectivity index (χ3v) is 4.39. The van der Waals surface area contributed by atoms with Crippen LogP contribution in [-0.2, 0) is 4.79 Å². The first-order valence-electron chi connectivity index (χ1n) is 7.30. The molecule has 98 valence electrons. The van der Waals surface area contributed by atoms with Gasteiger partial charge in [0.15, 0.2) is 0 Å². The van der Waals surface area contributed by atoms with E-state index in [1.807, 2.05) is 0 Å². The van der Waals surface area contributed by atoms with Crippen molar-refractivity contribution < 1.29 is 4.79 Å². The first-order chi connectivity index (χ1) is 8.31. The summed E-state index contributed by atoms with van der Waals surface area (Å²) in [6, 6.07) is 0. The van der Waals surface area contributed by atoms with Crippen molar-refractivity contribution in [3.8, 4) is 0 Å². The fourth-order valence-electron chi connectivity index (χ4n) is 2.98. The number of likely N-dealkylation sites (tertiary alicyclic amines) is 1. The molecule has 1 saturated carbocycles. The summed E-state index contributed by atoms with van der Waals surface area (Å²) < 4.78 is 0. The number of hydrogen-bond acceptors (Lipinski definition) is 2. The molecule has 1 aliphatic carbocycles. The Bertz CT molecular complexity index is 243. The molecule has 2 N–H and O–H groups in total. The van der Waals surface area contributed by atoms with Gasteiger partial charge in [-0.3, -0.25) is 4.79 Å². The van der Waals surface area contributed by atoms with Gasteiger partial charge in [0, 0.05) is 19.6 Å². The summed E-state index contributed by atoms with van der Waals surface area (Å²) in [6.07, 6.45) is 9.90. The second-order valence-electron chi connectivity index (χ2n) is 5.70. The maximum Gasteiger partial charge on any atom is 0.226 e. The molecule has 1 unspecified atom stereocenters. The lowest BCUT2D eigenvalue weighted by Crippen LogP contribution is -2.41. The monoisotopic (exact) mass is 238 g/mol. The molecule has 0 aromatic rings. The molecule has 1 heterocycles. The van der Waals surface area contributed by atoms with Crippen molar-refractivity contribution in [2.75, 3.05) is 19.6 Å². The highest BCUT2D eigenvalue weighted by molar-refractivity contribution is 5.79. The Labute approximate surface area is 105 Å². The van der Waals surface area contributed by atoms with Crippen LogP contribution in [0.2, 0.25) is 0 Å². The molecule has 1 aliphatic heterocycles. The van der Waals surface area contributed by atoms with Gasteiger partial charge in [0.1, 0.15) is 0 Å². The van der Waals surface area contributed by atoms with Crippen LogP contribution in [0.4, 0.5) is 0 Å². The minimum Gasteiger partial charge on any atom is -0.342 e. The van der Waals surface area contributed by atoms with Crippen molar-refractivity contribution in [3.63, 3.8) is 0 Å². The van der Waals surface area contributed by atoms with Crippen LogP contribution in [0.15, 0.2) is 0 Å². The smallest absolute Gasteiger partial charge is 0.226 e. The average molecular weight is 238 g/mol. The molecule has 0 radical (unpaired) electrons. The van der Waals surface area contributed by atoms with Crippen LogP contribution in [-0.4, -0.2) is 30.4 Å². The van der Waals surface area contributed by atoms with Gasteiger partial charge in [0.05, 0.1) is 5.92 Å². The molecular formula is C14H26N2O. The van der Waals surface area contributed by atoms with Gasteiger partial charge in [-0.25, -0.2) is 0 Å². The Hall–Kier alpha value is -0.570. The zero-order valence-electron chi connectivity index (χ0n) is 10.9. The molecule has 2 fully saturated rings. The lowest BCUT2D eigenvalue weighted by molar-refractivity contribution is -0.136. The average Bonchev–Trinajstić information content (AvgIpc) is 2.55. The topological polar surface area (TPSA) is 46.3 Å². The van der Waals surface area contributed by atoms with Crippen molar-refractivity contribution in [1.82, 2.24) is 4.90 Å². The lowest BCUT2D eigenvalue weighted by atomic mass is 9.78. The molecule has 0 aromatic carbocycles. The van der Waals surface area contributed by atoms with Crippen LogP contribution in [0, 0.1) is 11.8 Å². The van der Waals surface area contributed by atoms with Gasteiger partial charge in [0.2, 0.25) is 5.91 Å². The van der Waals surface area contributed by atoms with Crippen LogP contribution in [0.3, 0.4) is 0 Å². The molecule has 17 heavy (non-hydrogen) atoms. The fraction of sp³-hybridized carbons (Fsp3) is 0.929. The fourth-order valence-corrected chi connectivity index (χ4v) is 2.98. The summed E-state index contributed by atoms with van der Waals surface area (Å²) in [7, 11) is 0. The van der Waals surface area contributed by atoms with Gasteiger partial charge in [-0.1, -0.05) is 32.1 Å². The van der Waals surface area contributed by atoms with E-state index in [4.69, 9.17) is 5.73 Å². The van der Waals surface area contributed by atoms with E-state index in [1.165, 1.54) is 44.9 Å². The lowest BCUT2D eigenvalue weighted by Gasteiger charge is -2.31. The highest BCUT2D eigenvalue weighted by Crippen LogP contribution is 2.32. The quantitative estimate of drug-likeness (QED) is 0.815. The van der Waals surface area contributed by atoms with Gasteiger partial charge in [-0.05, 0) is 25.2 Å². The van der Waals surface area contributed by atoms with Crippen molar-refractivity contribution in [3.05, 3.63) is 0 Å². The Morgan fingerprint density at radius 2 is 1.76 bits per heavy atom. The Morgan fingerprint density at radius 3 is 2.24 bits per heavy atom. The normalized spacial score (nSPS) is 23.9. The van der Waals surface area contributed by atoms with Crippen LogP contribution in [0.25, 0.3) is 0 Å². The van der Waals surface area contributed by atoms with Crippen molar-refractivity contribution >= 4 is 5.91 Å². The number of carbonyl (C=O) groups excluding carboxylic acids is 1. The number of amides is 1. The summed E-state index contributed by atoms with van der Waals surface area (Å²) in [5.74, 6) is 1.21. The van der Waals surface area contributed by atoms with E-state index >= 15 is 0 Å². The van der Waals surface area contributed by atoms with Crippen molar-refractivity contribution in [2.45, 2.75) is 51.4 Å². The van der Waals surface area contributed by atoms with Gasteiger partial charge in [0.25, 0.3) is 0 Å². The highest BCUT2D eigenvalue weighted by Gasteiger charge is 2.28. The molecule has 3 nitrogen and oxygen atoms in total. The van der Waals surface area contributed by atoms with E-state index in [9.17, 15) is 4.79 Å². The minimum atomic E-state index is 0.0957. The van der Waals surface area contributed by atoms with Gasteiger partial charge in [-0.2, -0.15) is 0 Å².